The first-order valence-corrected chi connectivity index (χ1v) is 10.7. The highest BCUT2D eigenvalue weighted by Gasteiger charge is 2.20. The van der Waals surface area contributed by atoms with Crippen LogP contribution >= 0.6 is 0 Å². The molecule has 2 aromatic carbocycles. The molecular formula is C20H25N3O3S. The number of hydrogen-bond donors (Lipinski definition) is 1. The summed E-state index contributed by atoms with van der Waals surface area (Å²) in [6, 6.07) is 14.0. The molecule has 2 aromatic rings. The number of amides is 1. The van der Waals surface area contributed by atoms with Gasteiger partial charge in [0.15, 0.2) is 9.84 Å². The van der Waals surface area contributed by atoms with Crippen molar-refractivity contribution >= 4 is 27.1 Å². The Bertz CT molecular complexity index is 902. The Morgan fingerprint density at radius 1 is 1.00 bits per heavy atom. The van der Waals surface area contributed by atoms with Gasteiger partial charge in [-0.3, -0.25) is 4.79 Å². The molecule has 1 saturated heterocycles. The van der Waals surface area contributed by atoms with E-state index in [1.54, 1.807) is 19.1 Å². The van der Waals surface area contributed by atoms with Crippen LogP contribution in [-0.2, 0) is 9.84 Å². The number of benzene rings is 2. The summed E-state index contributed by atoms with van der Waals surface area (Å²) in [5.74, 6) is -0.466. The summed E-state index contributed by atoms with van der Waals surface area (Å²) in [6.07, 6.45) is 0. The summed E-state index contributed by atoms with van der Waals surface area (Å²) in [6.45, 7) is 5.58. The predicted molar refractivity (Wildman–Crippen MR) is 108 cm³/mol. The van der Waals surface area contributed by atoms with Gasteiger partial charge in [0.1, 0.15) is 0 Å². The van der Waals surface area contributed by atoms with Gasteiger partial charge < -0.3 is 15.1 Å². The van der Waals surface area contributed by atoms with Crippen molar-refractivity contribution in [1.82, 2.24) is 4.90 Å². The molecule has 0 bridgehead atoms. The summed E-state index contributed by atoms with van der Waals surface area (Å²) in [4.78, 5) is 17.3. The van der Waals surface area contributed by atoms with Gasteiger partial charge in [-0.05, 0) is 43.4 Å². The average molecular weight is 388 g/mol. The Hall–Kier alpha value is -2.38. The van der Waals surface area contributed by atoms with E-state index in [0.717, 1.165) is 31.9 Å². The lowest BCUT2D eigenvalue weighted by atomic mass is 10.2. The number of nitrogens with zero attached hydrogens (tertiary/aromatic N) is 2. The highest BCUT2D eigenvalue weighted by atomic mass is 32.2. The van der Waals surface area contributed by atoms with Crippen molar-refractivity contribution in [1.29, 1.82) is 0 Å². The van der Waals surface area contributed by atoms with Gasteiger partial charge in [-0.2, -0.15) is 0 Å². The van der Waals surface area contributed by atoms with Crippen molar-refractivity contribution in [2.45, 2.75) is 11.8 Å². The minimum Gasteiger partial charge on any atom is -0.369 e. The largest absolute Gasteiger partial charge is 0.369 e. The number of rotatable bonds is 5. The van der Waals surface area contributed by atoms with Gasteiger partial charge in [-0.1, -0.05) is 19.1 Å². The molecule has 1 fully saturated rings. The number of hydrogen-bond acceptors (Lipinski definition) is 5. The molecular weight excluding hydrogens is 362 g/mol. The maximum absolute atomic E-state index is 12.6. The summed E-state index contributed by atoms with van der Waals surface area (Å²) in [5.41, 5.74) is 1.93. The van der Waals surface area contributed by atoms with Crippen LogP contribution in [0.15, 0.2) is 53.4 Å². The van der Waals surface area contributed by atoms with E-state index in [9.17, 15) is 13.2 Å². The first-order chi connectivity index (χ1) is 12.9. The van der Waals surface area contributed by atoms with Crippen molar-refractivity contribution in [3.8, 4) is 0 Å². The molecule has 0 aliphatic carbocycles. The lowest BCUT2D eigenvalue weighted by Crippen LogP contribution is -2.44. The third-order valence-corrected chi connectivity index (χ3v) is 6.63. The number of sulfone groups is 1. The van der Waals surface area contributed by atoms with Crippen LogP contribution in [0.1, 0.15) is 17.3 Å². The van der Waals surface area contributed by atoms with Gasteiger partial charge in [0.25, 0.3) is 5.91 Å². The molecule has 0 atom stereocenters. The predicted octanol–water partition coefficient (Wildman–Crippen LogP) is 2.48. The van der Waals surface area contributed by atoms with E-state index < -0.39 is 15.7 Å². The molecule has 1 aliphatic rings. The third kappa shape index (κ3) is 4.48. The number of piperazine rings is 1. The van der Waals surface area contributed by atoms with Gasteiger partial charge in [-0.15, -0.1) is 0 Å². The molecule has 1 amide bonds. The summed E-state index contributed by atoms with van der Waals surface area (Å²) in [5, 5.41) is 2.80. The molecule has 144 valence electrons. The standard InChI is InChI=1S/C20H25N3O3S/c1-3-27(25,26)19-7-5-4-6-18(19)20(24)21-16-8-10-17(11-9-16)23-14-12-22(2)13-15-23/h4-11H,3,12-15H2,1-2H3,(H,21,24). The first kappa shape index (κ1) is 19.4. The Balaban J connectivity index is 1.74. The number of carbonyl (C=O) groups is 1. The lowest BCUT2D eigenvalue weighted by molar-refractivity contribution is 0.102. The topological polar surface area (TPSA) is 69.7 Å². The maximum atomic E-state index is 12.6. The quantitative estimate of drug-likeness (QED) is 0.854. The van der Waals surface area contributed by atoms with Crippen molar-refractivity contribution < 1.29 is 13.2 Å². The number of carbonyl (C=O) groups excluding carboxylic acids is 1. The molecule has 0 aromatic heterocycles. The molecule has 7 heteroatoms. The van der Waals surface area contributed by atoms with Gasteiger partial charge in [0.2, 0.25) is 0 Å². The van der Waals surface area contributed by atoms with Crippen LogP contribution in [0.4, 0.5) is 11.4 Å². The van der Waals surface area contributed by atoms with E-state index >= 15 is 0 Å². The first-order valence-electron chi connectivity index (χ1n) is 9.07. The third-order valence-electron chi connectivity index (χ3n) is 4.84. The van der Waals surface area contributed by atoms with E-state index in [0.29, 0.717) is 5.69 Å². The Labute approximate surface area is 160 Å². The van der Waals surface area contributed by atoms with Gasteiger partial charge >= 0.3 is 0 Å². The minimum atomic E-state index is -3.46. The fourth-order valence-electron chi connectivity index (χ4n) is 3.10. The van der Waals surface area contributed by atoms with Gasteiger partial charge in [0.05, 0.1) is 16.2 Å². The van der Waals surface area contributed by atoms with E-state index in [1.807, 2.05) is 24.3 Å². The fourth-order valence-corrected chi connectivity index (χ4v) is 4.19. The van der Waals surface area contributed by atoms with Crippen LogP contribution < -0.4 is 10.2 Å². The molecule has 1 aliphatic heterocycles. The SMILES string of the molecule is CCS(=O)(=O)c1ccccc1C(=O)Nc1ccc(N2CCN(C)CC2)cc1. The molecule has 0 saturated carbocycles. The molecule has 3 rings (SSSR count). The van der Waals surface area contributed by atoms with E-state index in [1.165, 1.54) is 12.1 Å². The van der Waals surface area contributed by atoms with Crippen molar-refractivity contribution in [3.05, 3.63) is 54.1 Å². The zero-order chi connectivity index (χ0) is 19.4. The van der Waals surface area contributed by atoms with E-state index in [-0.39, 0.29) is 16.2 Å². The van der Waals surface area contributed by atoms with Crippen molar-refractivity contribution in [2.24, 2.45) is 0 Å². The monoisotopic (exact) mass is 387 g/mol. The number of anilines is 2. The number of nitrogens with one attached hydrogen (secondary N) is 1. The molecule has 27 heavy (non-hydrogen) atoms. The van der Waals surface area contributed by atoms with Gasteiger partial charge in [-0.25, -0.2) is 8.42 Å². The molecule has 0 unspecified atom stereocenters. The van der Waals surface area contributed by atoms with E-state index in [2.05, 4.69) is 22.2 Å². The van der Waals surface area contributed by atoms with Crippen LogP contribution in [0.25, 0.3) is 0 Å². The van der Waals surface area contributed by atoms with Crippen LogP contribution in [0, 0.1) is 0 Å². The molecule has 0 spiro atoms. The van der Waals surface area contributed by atoms with Crippen molar-refractivity contribution in [3.63, 3.8) is 0 Å². The highest BCUT2D eigenvalue weighted by molar-refractivity contribution is 7.91. The Kier molecular flexibility index (Phi) is 5.82. The second kappa shape index (κ2) is 8.10. The summed E-state index contributed by atoms with van der Waals surface area (Å²) >= 11 is 0. The van der Waals surface area contributed by atoms with Crippen LogP contribution in [0.5, 0.6) is 0 Å². The van der Waals surface area contributed by atoms with Crippen LogP contribution in [0.3, 0.4) is 0 Å². The normalized spacial score (nSPS) is 15.6. The summed E-state index contributed by atoms with van der Waals surface area (Å²) < 4.78 is 24.5. The van der Waals surface area contributed by atoms with Crippen LogP contribution in [-0.4, -0.2) is 58.2 Å². The molecule has 1 N–H and O–H groups in total. The minimum absolute atomic E-state index is 0.0446. The van der Waals surface area contributed by atoms with Gasteiger partial charge in [0, 0.05) is 37.6 Å². The second-order valence-electron chi connectivity index (χ2n) is 6.69. The average Bonchev–Trinajstić information content (AvgIpc) is 2.69. The Morgan fingerprint density at radius 2 is 1.63 bits per heavy atom. The molecule has 6 nitrogen and oxygen atoms in total. The fraction of sp³-hybridized carbons (Fsp3) is 0.350. The smallest absolute Gasteiger partial charge is 0.256 e. The zero-order valence-electron chi connectivity index (χ0n) is 15.7. The summed E-state index contributed by atoms with van der Waals surface area (Å²) in [7, 11) is -1.35. The lowest BCUT2D eigenvalue weighted by Gasteiger charge is -2.34. The highest BCUT2D eigenvalue weighted by Crippen LogP contribution is 2.22. The Morgan fingerprint density at radius 3 is 2.26 bits per heavy atom. The molecule has 0 radical (unpaired) electrons. The molecule has 1 heterocycles. The van der Waals surface area contributed by atoms with Crippen LogP contribution in [0.2, 0.25) is 0 Å². The number of likely N-dealkylation sites (N-methyl/N-ethyl adjacent to an activating group) is 1. The maximum Gasteiger partial charge on any atom is 0.256 e. The zero-order valence-corrected chi connectivity index (χ0v) is 16.5. The second-order valence-corrected chi connectivity index (χ2v) is 8.94. The van der Waals surface area contributed by atoms with E-state index in [4.69, 9.17) is 0 Å². The van der Waals surface area contributed by atoms with Crippen molar-refractivity contribution in [2.75, 3.05) is 49.2 Å².